The molecule has 0 saturated carbocycles. The fourth-order valence-corrected chi connectivity index (χ4v) is 5.28. The quantitative estimate of drug-likeness (QED) is 0.820. The lowest BCUT2D eigenvalue weighted by Crippen LogP contribution is -2.23. The van der Waals surface area contributed by atoms with Crippen LogP contribution in [-0.4, -0.2) is 13.4 Å². The number of aryl methyl sites for hydroxylation is 1. The highest BCUT2D eigenvalue weighted by molar-refractivity contribution is 9.10. The smallest absolute Gasteiger partial charge is 0.243 e. The van der Waals surface area contributed by atoms with Gasteiger partial charge in [0.05, 0.1) is 15.1 Å². The van der Waals surface area contributed by atoms with Crippen molar-refractivity contribution in [2.24, 2.45) is 0 Å². The number of halogens is 3. The average molecular weight is 416 g/mol. The summed E-state index contributed by atoms with van der Waals surface area (Å²) in [7, 11) is -3.78. The number of hydrogen-bond donors (Lipinski definition) is 1. The van der Waals surface area contributed by atoms with Gasteiger partial charge in [0.25, 0.3) is 0 Å². The second-order valence-corrected chi connectivity index (χ2v) is 8.62. The van der Waals surface area contributed by atoms with Gasteiger partial charge in [-0.25, -0.2) is 18.1 Å². The van der Waals surface area contributed by atoms with Crippen LogP contribution in [0.15, 0.2) is 27.7 Å². The summed E-state index contributed by atoms with van der Waals surface area (Å²) in [6.07, 6.45) is 1.63. The SMILES string of the molecule is Cc1ncc(CNS(=O)(=O)c2c(Cl)cc(Br)cc2Cl)s1. The second kappa shape index (κ2) is 6.29. The summed E-state index contributed by atoms with van der Waals surface area (Å²) in [6.45, 7) is 2.00. The molecule has 0 unspecified atom stereocenters. The highest BCUT2D eigenvalue weighted by Gasteiger charge is 2.22. The van der Waals surface area contributed by atoms with Crippen molar-refractivity contribution in [3.8, 4) is 0 Å². The first kappa shape index (κ1) is 16.2. The molecular weight excluding hydrogens is 407 g/mol. The first-order valence-corrected chi connectivity index (χ1v) is 9.20. The van der Waals surface area contributed by atoms with Gasteiger partial charge in [0.15, 0.2) is 0 Å². The van der Waals surface area contributed by atoms with Crippen LogP contribution in [0.5, 0.6) is 0 Å². The maximum absolute atomic E-state index is 12.3. The second-order valence-electron chi connectivity index (χ2n) is 3.87. The summed E-state index contributed by atoms with van der Waals surface area (Å²) >= 11 is 16.5. The minimum Gasteiger partial charge on any atom is -0.250 e. The van der Waals surface area contributed by atoms with Gasteiger partial charge in [0, 0.05) is 22.1 Å². The molecule has 4 nitrogen and oxygen atoms in total. The number of nitrogens with zero attached hydrogens (tertiary/aromatic N) is 1. The van der Waals surface area contributed by atoms with Crippen LogP contribution in [0.2, 0.25) is 10.0 Å². The average Bonchev–Trinajstić information content (AvgIpc) is 2.71. The van der Waals surface area contributed by atoms with Crippen molar-refractivity contribution in [3.63, 3.8) is 0 Å². The molecular formula is C11H9BrCl2N2O2S2. The zero-order valence-electron chi connectivity index (χ0n) is 10.2. The first-order valence-electron chi connectivity index (χ1n) is 5.35. The van der Waals surface area contributed by atoms with E-state index in [1.807, 2.05) is 6.92 Å². The molecule has 0 radical (unpaired) electrons. The lowest BCUT2D eigenvalue weighted by molar-refractivity contribution is 0.582. The van der Waals surface area contributed by atoms with E-state index < -0.39 is 10.0 Å². The zero-order chi connectivity index (χ0) is 14.9. The van der Waals surface area contributed by atoms with Crippen molar-refractivity contribution in [3.05, 3.63) is 42.7 Å². The van der Waals surface area contributed by atoms with E-state index in [0.717, 1.165) is 9.88 Å². The Balaban J connectivity index is 2.27. The third kappa shape index (κ3) is 3.72. The molecule has 0 aliphatic rings. The molecule has 20 heavy (non-hydrogen) atoms. The van der Waals surface area contributed by atoms with Gasteiger partial charge in [-0.15, -0.1) is 11.3 Å². The van der Waals surface area contributed by atoms with E-state index in [4.69, 9.17) is 23.2 Å². The number of thiazole rings is 1. The third-order valence-electron chi connectivity index (χ3n) is 2.34. The van der Waals surface area contributed by atoms with E-state index in [1.165, 1.54) is 23.5 Å². The van der Waals surface area contributed by atoms with Crippen molar-refractivity contribution >= 4 is 60.5 Å². The van der Waals surface area contributed by atoms with Crippen LogP contribution in [0.3, 0.4) is 0 Å². The maximum Gasteiger partial charge on any atom is 0.243 e. The van der Waals surface area contributed by atoms with Gasteiger partial charge in [-0.1, -0.05) is 39.1 Å². The number of hydrogen-bond acceptors (Lipinski definition) is 4. The predicted octanol–water partition coefficient (Wildman–Crippen LogP) is 4.00. The fraction of sp³-hybridized carbons (Fsp3) is 0.182. The summed E-state index contributed by atoms with van der Waals surface area (Å²) < 4.78 is 27.6. The van der Waals surface area contributed by atoms with E-state index in [1.54, 1.807) is 6.20 Å². The molecule has 0 saturated heterocycles. The summed E-state index contributed by atoms with van der Waals surface area (Å²) in [4.78, 5) is 4.76. The molecule has 0 fully saturated rings. The van der Waals surface area contributed by atoms with Gasteiger partial charge in [-0.05, 0) is 19.1 Å². The fourth-order valence-electron chi connectivity index (χ4n) is 1.51. The van der Waals surface area contributed by atoms with Crippen LogP contribution in [-0.2, 0) is 16.6 Å². The standard InChI is InChI=1S/C11H9BrCl2N2O2S2/c1-6-15-4-8(19-6)5-16-20(17,18)11-9(13)2-7(12)3-10(11)14/h2-4,16H,5H2,1H3. The van der Waals surface area contributed by atoms with Crippen LogP contribution in [0.1, 0.15) is 9.88 Å². The Hall–Kier alpha value is -0.180. The Morgan fingerprint density at radius 3 is 2.45 bits per heavy atom. The molecule has 0 aliphatic carbocycles. The van der Waals surface area contributed by atoms with Gasteiger partial charge in [-0.3, -0.25) is 0 Å². The molecule has 0 aliphatic heterocycles. The Bertz CT molecular complexity index is 724. The highest BCUT2D eigenvalue weighted by Crippen LogP contribution is 2.32. The van der Waals surface area contributed by atoms with Crippen LogP contribution >= 0.6 is 50.5 Å². The molecule has 2 rings (SSSR count). The Kier molecular flexibility index (Phi) is 5.09. The number of rotatable bonds is 4. The van der Waals surface area contributed by atoms with Gasteiger partial charge >= 0.3 is 0 Å². The number of benzene rings is 1. The van der Waals surface area contributed by atoms with Crippen molar-refractivity contribution in [2.45, 2.75) is 18.4 Å². The van der Waals surface area contributed by atoms with Crippen LogP contribution in [0, 0.1) is 6.92 Å². The van der Waals surface area contributed by atoms with Gasteiger partial charge in [0.1, 0.15) is 4.90 Å². The lowest BCUT2D eigenvalue weighted by atomic mass is 10.4. The summed E-state index contributed by atoms with van der Waals surface area (Å²) in [6, 6.07) is 2.97. The predicted molar refractivity (Wildman–Crippen MR) is 85.0 cm³/mol. The molecule has 1 heterocycles. The van der Waals surface area contributed by atoms with Crippen molar-refractivity contribution < 1.29 is 8.42 Å². The Morgan fingerprint density at radius 2 is 1.95 bits per heavy atom. The molecule has 0 amide bonds. The molecule has 108 valence electrons. The Labute approximate surface area is 139 Å². The zero-order valence-corrected chi connectivity index (χ0v) is 14.9. The molecule has 1 aromatic carbocycles. The largest absolute Gasteiger partial charge is 0.250 e. The molecule has 0 bridgehead atoms. The van der Waals surface area contributed by atoms with Gasteiger partial charge in [-0.2, -0.15) is 0 Å². The van der Waals surface area contributed by atoms with E-state index >= 15 is 0 Å². The summed E-state index contributed by atoms with van der Waals surface area (Å²) in [5, 5.41) is 1.01. The minimum absolute atomic E-state index is 0.0670. The van der Waals surface area contributed by atoms with Crippen molar-refractivity contribution in [1.29, 1.82) is 0 Å². The summed E-state index contributed by atoms with van der Waals surface area (Å²) in [5.74, 6) is 0. The Morgan fingerprint density at radius 1 is 1.35 bits per heavy atom. The minimum atomic E-state index is -3.78. The monoisotopic (exact) mass is 414 g/mol. The molecule has 1 aromatic heterocycles. The van der Waals surface area contributed by atoms with E-state index in [0.29, 0.717) is 4.47 Å². The third-order valence-corrected chi connectivity index (χ3v) is 6.03. The van der Waals surface area contributed by atoms with E-state index in [-0.39, 0.29) is 21.5 Å². The van der Waals surface area contributed by atoms with Gasteiger partial charge in [0.2, 0.25) is 10.0 Å². The van der Waals surface area contributed by atoms with Crippen LogP contribution < -0.4 is 4.72 Å². The molecule has 9 heteroatoms. The molecule has 0 atom stereocenters. The highest BCUT2D eigenvalue weighted by atomic mass is 79.9. The number of aromatic nitrogens is 1. The number of sulfonamides is 1. The molecule has 0 spiro atoms. The van der Waals surface area contributed by atoms with Crippen LogP contribution in [0.4, 0.5) is 0 Å². The van der Waals surface area contributed by atoms with E-state index in [9.17, 15) is 8.42 Å². The molecule has 2 aromatic rings. The summed E-state index contributed by atoms with van der Waals surface area (Å²) in [5.41, 5.74) is 0. The van der Waals surface area contributed by atoms with Crippen molar-refractivity contribution in [1.82, 2.24) is 9.71 Å². The first-order chi connectivity index (χ1) is 9.29. The topological polar surface area (TPSA) is 59.1 Å². The normalized spacial score (nSPS) is 11.8. The number of nitrogens with one attached hydrogen (secondary N) is 1. The molecule has 1 N–H and O–H groups in total. The van der Waals surface area contributed by atoms with Crippen molar-refractivity contribution in [2.75, 3.05) is 0 Å². The van der Waals surface area contributed by atoms with Crippen LogP contribution in [0.25, 0.3) is 0 Å². The van der Waals surface area contributed by atoms with E-state index in [2.05, 4.69) is 25.6 Å². The maximum atomic E-state index is 12.3. The lowest BCUT2D eigenvalue weighted by Gasteiger charge is -2.09. The van der Waals surface area contributed by atoms with Gasteiger partial charge < -0.3 is 0 Å².